The highest BCUT2D eigenvalue weighted by atomic mass is 32.1. The Labute approximate surface area is 220 Å². The van der Waals surface area contributed by atoms with Crippen LogP contribution in [0.15, 0.2) is 65.2 Å². The Morgan fingerprint density at radius 1 is 0.973 bits per heavy atom. The Balaban J connectivity index is 1.97. The fraction of sp³-hybridized carbons (Fsp3) is 0.321. The topological polar surface area (TPSA) is 96.0 Å². The monoisotopic (exact) mass is 522 g/mol. The van der Waals surface area contributed by atoms with Crippen LogP contribution in [0.4, 0.5) is 0 Å². The van der Waals surface area contributed by atoms with Crippen LogP contribution in [-0.4, -0.2) is 51.4 Å². The molecule has 37 heavy (non-hydrogen) atoms. The van der Waals surface area contributed by atoms with Crippen LogP contribution < -0.4 is 14.8 Å². The van der Waals surface area contributed by atoms with E-state index < -0.39 is 29.3 Å². The first-order valence-corrected chi connectivity index (χ1v) is 12.6. The van der Waals surface area contributed by atoms with Gasteiger partial charge in [0.2, 0.25) is 0 Å². The zero-order valence-electron chi connectivity index (χ0n) is 21.7. The van der Waals surface area contributed by atoms with Gasteiger partial charge in [-0.15, -0.1) is 11.3 Å². The Bertz CT molecular complexity index is 1340. The number of nitrogens with one attached hydrogen (secondary N) is 1. The SMILES string of the molecule is COC(=O)C1=C(C)NC(C)C(C(=O)OC)(c2nc(-c3ccc(OC)c(OC)c3)cs2)C1c1ccccc1. The van der Waals surface area contributed by atoms with Crippen molar-refractivity contribution >= 4 is 23.3 Å². The van der Waals surface area contributed by atoms with E-state index in [2.05, 4.69) is 5.32 Å². The molecule has 3 atom stereocenters. The minimum atomic E-state index is -1.35. The Morgan fingerprint density at radius 2 is 1.68 bits per heavy atom. The normalized spacial score (nSPS) is 21.1. The summed E-state index contributed by atoms with van der Waals surface area (Å²) in [7, 11) is 5.84. The number of hydrogen-bond donors (Lipinski definition) is 1. The lowest BCUT2D eigenvalue weighted by Gasteiger charge is -2.46. The first-order valence-electron chi connectivity index (χ1n) is 11.7. The van der Waals surface area contributed by atoms with Crippen molar-refractivity contribution in [3.63, 3.8) is 0 Å². The molecule has 0 amide bonds. The van der Waals surface area contributed by atoms with Gasteiger partial charge in [0.15, 0.2) is 16.9 Å². The van der Waals surface area contributed by atoms with Crippen molar-refractivity contribution < 1.29 is 28.5 Å². The van der Waals surface area contributed by atoms with Gasteiger partial charge in [0.25, 0.3) is 0 Å². The summed E-state index contributed by atoms with van der Waals surface area (Å²) >= 11 is 1.34. The van der Waals surface area contributed by atoms with Gasteiger partial charge in [-0.05, 0) is 37.6 Å². The largest absolute Gasteiger partial charge is 0.493 e. The van der Waals surface area contributed by atoms with Crippen molar-refractivity contribution in [1.82, 2.24) is 10.3 Å². The predicted molar refractivity (Wildman–Crippen MR) is 141 cm³/mol. The van der Waals surface area contributed by atoms with E-state index in [4.69, 9.17) is 23.9 Å². The molecule has 3 unspecified atom stereocenters. The number of nitrogens with zero attached hydrogens (tertiary/aromatic N) is 1. The number of aromatic nitrogens is 1. The molecule has 0 bridgehead atoms. The fourth-order valence-corrected chi connectivity index (χ4v) is 6.25. The molecule has 1 aliphatic rings. The van der Waals surface area contributed by atoms with Crippen LogP contribution in [0, 0.1) is 0 Å². The molecule has 0 spiro atoms. The van der Waals surface area contributed by atoms with Gasteiger partial charge in [-0.3, -0.25) is 4.79 Å². The maximum Gasteiger partial charge on any atom is 0.336 e. The van der Waals surface area contributed by atoms with E-state index >= 15 is 0 Å². The summed E-state index contributed by atoms with van der Waals surface area (Å²) in [6.07, 6.45) is 0. The molecule has 9 heteroatoms. The summed E-state index contributed by atoms with van der Waals surface area (Å²) in [5, 5.41) is 5.75. The third kappa shape index (κ3) is 4.33. The maximum absolute atomic E-state index is 13.9. The zero-order chi connectivity index (χ0) is 26.7. The van der Waals surface area contributed by atoms with E-state index in [1.54, 1.807) is 14.2 Å². The summed E-state index contributed by atoms with van der Waals surface area (Å²) in [6.45, 7) is 3.72. The van der Waals surface area contributed by atoms with E-state index in [0.29, 0.717) is 33.5 Å². The molecule has 0 radical (unpaired) electrons. The van der Waals surface area contributed by atoms with Gasteiger partial charge in [-0.1, -0.05) is 30.3 Å². The second-order valence-corrected chi connectivity index (χ2v) is 9.57. The van der Waals surface area contributed by atoms with Crippen LogP contribution in [0.25, 0.3) is 11.3 Å². The summed E-state index contributed by atoms with van der Waals surface area (Å²) in [5.41, 5.74) is 1.90. The molecule has 2 aromatic carbocycles. The molecule has 4 rings (SSSR count). The van der Waals surface area contributed by atoms with Gasteiger partial charge in [-0.2, -0.15) is 0 Å². The molecule has 0 aliphatic carbocycles. The number of methoxy groups -OCH3 is 4. The van der Waals surface area contributed by atoms with Crippen molar-refractivity contribution in [2.24, 2.45) is 0 Å². The van der Waals surface area contributed by atoms with E-state index in [-0.39, 0.29) is 0 Å². The third-order valence-corrected chi connectivity index (χ3v) is 7.86. The van der Waals surface area contributed by atoms with Gasteiger partial charge < -0.3 is 24.3 Å². The number of carbonyl (C=O) groups is 2. The minimum absolute atomic E-state index is 0.361. The van der Waals surface area contributed by atoms with Crippen LogP contribution >= 0.6 is 11.3 Å². The highest BCUT2D eigenvalue weighted by molar-refractivity contribution is 7.10. The quantitative estimate of drug-likeness (QED) is 0.455. The number of thiazole rings is 1. The highest BCUT2D eigenvalue weighted by Gasteiger charge is 2.60. The number of esters is 2. The molecule has 8 nitrogen and oxygen atoms in total. The molecular formula is C28H30N2O6S. The summed E-state index contributed by atoms with van der Waals surface area (Å²) in [6, 6.07) is 14.5. The summed E-state index contributed by atoms with van der Waals surface area (Å²) in [4.78, 5) is 32.0. The zero-order valence-corrected chi connectivity index (χ0v) is 22.5. The molecule has 194 valence electrons. The molecule has 0 saturated heterocycles. The van der Waals surface area contributed by atoms with Crippen molar-refractivity contribution in [3.8, 4) is 22.8 Å². The molecule has 3 aromatic rings. The number of rotatable bonds is 7. The second kappa shape index (κ2) is 10.6. The van der Waals surface area contributed by atoms with Crippen LogP contribution in [0.2, 0.25) is 0 Å². The fourth-order valence-electron chi connectivity index (χ4n) is 5.12. The number of benzene rings is 2. The van der Waals surface area contributed by atoms with Crippen LogP contribution in [0.5, 0.6) is 11.5 Å². The van der Waals surface area contributed by atoms with Crippen molar-refractivity contribution in [1.29, 1.82) is 0 Å². The standard InChI is InChI=1S/C28H30N2O6S/c1-16-23(25(31)35-5)24(18-10-8-7-9-11-18)28(17(2)29-16,27(32)36-6)26-30-20(15-37-26)19-12-13-21(33-3)22(14-19)34-4/h7-15,17,24,29H,1-6H3. The first-order chi connectivity index (χ1) is 17.8. The molecule has 0 fully saturated rings. The molecule has 2 heterocycles. The first kappa shape index (κ1) is 26.2. The molecular weight excluding hydrogens is 492 g/mol. The van der Waals surface area contributed by atoms with E-state index in [9.17, 15) is 9.59 Å². The van der Waals surface area contributed by atoms with Gasteiger partial charge >= 0.3 is 11.9 Å². The van der Waals surface area contributed by atoms with Gasteiger partial charge in [0.05, 0.1) is 39.7 Å². The van der Waals surface area contributed by atoms with Gasteiger partial charge in [0, 0.05) is 28.6 Å². The second-order valence-electron chi connectivity index (χ2n) is 8.71. The lowest BCUT2D eigenvalue weighted by molar-refractivity contribution is -0.150. The average Bonchev–Trinajstić information content (AvgIpc) is 3.42. The smallest absolute Gasteiger partial charge is 0.336 e. The van der Waals surface area contributed by atoms with Crippen molar-refractivity contribution in [2.45, 2.75) is 31.2 Å². The van der Waals surface area contributed by atoms with Gasteiger partial charge in [-0.25, -0.2) is 9.78 Å². The number of allylic oxidation sites excluding steroid dienone is 1. The van der Waals surface area contributed by atoms with Crippen molar-refractivity contribution in [2.75, 3.05) is 28.4 Å². The van der Waals surface area contributed by atoms with Crippen LogP contribution in [0.3, 0.4) is 0 Å². The number of hydrogen-bond acceptors (Lipinski definition) is 9. The van der Waals surface area contributed by atoms with Crippen LogP contribution in [-0.2, 0) is 24.5 Å². The summed E-state index contributed by atoms with van der Waals surface area (Å²) < 4.78 is 21.4. The molecule has 1 aromatic heterocycles. The molecule has 0 saturated carbocycles. The van der Waals surface area contributed by atoms with Crippen LogP contribution in [0.1, 0.15) is 30.3 Å². The van der Waals surface area contributed by atoms with Gasteiger partial charge in [0.1, 0.15) is 5.01 Å². The molecule has 1 N–H and O–H groups in total. The number of carbonyl (C=O) groups excluding carboxylic acids is 2. The maximum atomic E-state index is 13.9. The molecule has 1 aliphatic heterocycles. The predicted octanol–water partition coefficient (Wildman–Crippen LogP) is 4.46. The highest BCUT2D eigenvalue weighted by Crippen LogP contribution is 2.52. The van der Waals surface area contributed by atoms with Crippen molar-refractivity contribution in [3.05, 3.63) is 75.8 Å². The Hall–Kier alpha value is -3.85. The number of ether oxygens (including phenoxy) is 4. The lowest BCUT2D eigenvalue weighted by atomic mass is 9.62. The lowest BCUT2D eigenvalue weighted by Crippen LogP contribution is -2.60. The summed E-state index contributed by atoms with van der Waals surface area (Å²) in [5.74, 6) is -0.544. The van der Waals surface area contributed by atoms with E-state index in [1.165, 1.54) is 25.6 Å². The Morgan fingerprint density at radius 3 is 2.30 bits per heavy atom. The van der Waals surface area contributed by atoms with E-state index in [0.717, 1.165) is 11.1 Å². The minimum Gasteiger partial charge on any atom is -0.493 e. The Kier molecular flexibility index (Phi) is 7.54. The average molecular weight is 523 g/mol. The van der Waals surface area contributed by atoms with E-state index in [1.807, 2.05) is 67.8 Å². The third-order valence-electron chi connectivity index (χ3n) is 6.86.